The van der Waals surface area contributed by atoms with E-state index in [-0.39, 0.29) is 12.8 Å². The van der Waals surface area contributed by atoms with Gasteiger partial charge >= 0.3 is 0 Å². The first kappa shape index (κ1) is 32.4. The van der Waals surface area contributed by atoms with Crippen molar-refractivity contribution in [3.8, 4) is 0 Å². The molecule has 13 heteroatoms. The summed E-state index contributed by atoms with van der Waals surface area (Å²) in [6.07, 6.45) is 4.07. The summed E-state index contributed by atoms with van der Waals surface area (Å²) in [5.74, 6) is -3.26. The topological polar surface area (TPSA) is 224 Å². The quantitative estimate of drug-likeness (QED) is 0.112. The second-order valence-corrected chi connectivity index (χ2v) is 10.0. The fourth-order valence-corrected chi connectivity index (χ4v) is 3.67. The molecule has 0 heterocycles. The number of aliphatic imine (C=N–C) groups is 1. The molecule has 2 aromatic rings. The van der Waals surface area contributed by atoms with E-state index in [2.05, 4.69) is 26.3 Å². The van der Waals surface area contributed by atoms with Crippen LogP contribution in [0.5, 0.6) is 0 Å². The highest BCUT2D eigenvalue weighted by molar-refractivity contribution is 5.96. The Morgan fingerprint density at radius 2 is 1.59 bits per heavy atom. The Labute approximate surface area is 238 Å². The molecule has 5 amide bonds. The molecule has 13 nitrogen and oxygen atoms in total. The van der Waals surface area contributed by atoms with Crippen molar-refractivity contribution in [2.45, 2.75) is 57.3 Å². The van der Waals surface area contributed by atoms with E-state index in [1.807, 2.05) is 42.5 Å². The number of carbonyl (C=O) groups is 5. The number of primary amides is 1. The largest absolute Gasteiger partial charge is 0.390 e. The molecule has 3 atom stereocenters. The number of carbonyl (C=O) groups excluding carboxylic acids is 5. The van der Waals surface area contributed by atoms with Gasteiger partial charge in [0.25, 0.3) is 0 Å². The lowest BCUT2D eigenvalue weighted by atomic mass is 10.00. The Kier molecular flexibility index (Phi) is 12.0. The van der Waals surface area contributed by atoms with Crippen molar-refractivity contribution < 1.29 is 24.0 Å². The third-order valence-corrected chi connectivity index (χ3v) is 5.93. The van der Waals surface area contributed by atoms with Gasteiger partial charge in [-0.05, 0) is 43.5 Å². The molecule has 0 aliphatic heterocycles. The zero-order valence-corrected chi connectivity index (χ0v) is 23.3. The van der Waals surface area contributed by atoms with Crippen LogP contribution in [0.25, 0.3) is 10.8 Å². The van der Waals surface area contributed by atoms with E-state index in [4.69, 9.17) is 17.2 Å². The van der Waals surface area contributed by atoms with Crippen molar-refractivity contribution in [3.63, 3.8) is 0 Å². The number of nitrogens with two attached hydrogens (primary N) is 3. The van der Waals surface area contributed by atoms with Crippen molar-refractivity contribution in [1.82, 2.24) is 21.3 Å². The molecule has 0 saturated heterocycles. The monoisotopic (exact) mass is 566 g/mol. The average molecular weight is 567 g/mol. The van der Waals surface area contributed by atoms with Crippen LogP contribution in [-0.4, -0.2) is 66.1 Å². The zero-order valence-electron chi connectivity index (χ0n) is 23.3. The van der Waals surface area contributed by atoms with Gasteiger partial charge in [0.05, 0.1) is 18.4 Å². The molecule has 0 aliphatic rings. The van der Waals surface area contributed by atoms with E-state index in [0.717, 1.165) is 22.7 Å². The van der Waals surface area contributed by atoms with Crippen molar-refractivity contribution in [1.29, 1.82) is 0 Å². The van der Waals surface area contributed by atoms with E-state index < -0.39 is 59.7 Å². The predicted octanol–water partition coefficient (Wildman–Crippen LogP) is -0.914. The van der Waals surface area contributed by atoms with Gasteiger partial charge in [-0.3, -0.25) is 24.0 Å². The summed E-state index contributed by atoms with van der Waals surface area (Å²) in [7, 11) is 0. The van der Waals surface area contributed by atoms with Crippen LogP contribution in [0.3, 0.4) is 0 Å². The highest BCUT2D eigenvalue weighted by Gasteiger charge is 2.31. The zero-order chi connectivity index (χ0) is 30.6. The highest BCUT2D eigenvalue weighted by Crippen LogP contribution is 2.17. The van der Waals surface area contributed by atoms with Gasteiger partial charge < -0.3 is 38.5 Å². The summed E-state index contributed by atoms with van der Waals surface area (Å²) in [5.41, 5.74) is 15.7. The fraction of sp³-hybridized carbons (Fsp3) is 0.357. The maximum Gasteiger partial charge on any atom is 0.243 e. The number of hydrogen-bond donors (Lipinski definition) is 7. The summed E-state index contributed by atoms with van der Waals surface area (Å²) < 4.78 is 0. The molecule has 2 aromatic carbocycles. The Morgan fingerprint density at radius 1 is 0.927 bits per heavy atom. The number of hydrogen-bond acceptors (Lipinski definition) is 7. The third kappa shape index (κ3) is 10.7. The lowest BCUT2D eigenvalue weighted by Crippen LogP contribution is -2.59. The van der Waals surface area contributed by atoms with Gasteiger partial charge in [-0.15, -0.1) is 0 Å². The molecule has 41 heavy (non-hydrogen) atoms. The molecule has 10 N–H and O–H groups in total. The number of benzene rings is 2. The van der Waals surface area contributed by atoms with E-state index >= 15 is 0 Å². The minimum atomic E-state index is -1.27. The molecule has 0 aliphatic carbocycles. The number of fused-ring (bicyclic) bond motifs is 1. The van der Waals surface area contributed by atoms with Gasteiger partial charge in [0, 0.05) is 12.6 Å². The molecular weight excluding hydrogens is 528 g/mol. The van der Waals surface area contributed by atoms with Crippen LogP contribution in [0.2, 0.25) is 0 Å². The van der Waals surface area contributed by atoms with Crippen molar-refractivity contribution >= 4 is 46.6 Å². The first-order valence-corrected chi connectivity index (χ1v) is 12.9. The van der Waals surface area contributed by atoms with Crippen LogP contribution < -0.4 is 38.5 Å². The molecule has 0 radical (unpaired) electrons. The number of amides is 5. The van der Waals surface area contributed by atoms with Gasteiger partial charge in [0.2, 0.25) is 29.5 Å². The molecule has 220 valence electrons. The van der Waals surface area contributed by atoms with Crippen LogP contribution in [0.4, 0.5) is 0 Å². The Morgan fingerprint density at radius 3 is 2.22 bits per heavy atom. The fourth-order valence-electron chi connectivity index (χ4n) is 3.67. The second kappa shape index (κ2) is 15.1. The van der Waals surface area contributed by atoms with Gasteiger partial charge in [0.15, 0.2) is 0 Å². The standard InChI is InChI=1S/C28H38N8O5/c1-17(24(38)33-15-23(30)37)34-26(40)22(14-18-10-11-19-7-4-5-8-20(19)13-18)35-25(39)21(9-6-12-32-16-29)36-27(41)28(2,3)31/h4-8,10-13,16-17,21-22H,9,14-15,31H2,1-3H3,(H2,29,32)(H2,30,37)(H,33,38)(H,34,40)(H,35,39)(H,36,41)/b12-6+/t17-,21+,22-/m1/s1. The summed E-state index contributed by atoms with van der Waals surface area (Å²) in [6.45, 7) is 4.02. The summed E-state index contributed by atoms with van der Waals surface area (Å²) in [5, 5.41) is 12.1. The highest BCUT2D eigenvalue weighted by atomic mass is 16.2. The molecule has 2 rings (SSSR count). The average Bonchev–Trinajstić information content (AvgIpc) is 2.92. The van der Waals surface area contributed by atoms with Crippen LogP contribution in [-0.2, 0) is 30.4 Å². The Balaban J connectivity index is 2.32. The van der Waals surface area contributed by atoms with E-state index in [9.17, 15) is 24.0 Å². The summed E-state index contributed by atoms with van der Waals surface area (Å²) in [4.78, 5) is 66.4. The SMILES string of the molecule is C[C@@H](NC(=O)[C@@H](Cc1ccc2ccccc2c1)NC(=O)[C@H](C/C=C/N=CN)NC(=O)C(C)(C)N)C(=O)NCC(N)=O. The number of rotatable bonds is 14. The van der Waals surface area contributed by atoms with Crippen LogP contribution in [0.15, 0.2) is 59.7 Å². The molecular formula is C28H38N8O5. The summed E-state index contributed by atoms with van der Waals surface area (Å²) in [6, 6.07) is 10.0. The Bertz CT molecular complexity index is 1320. The predicted molar refractivity (Wildman–Crippen MR) is 156 cm³/mol. The van der Waals surface area contributed by atoms with Crippen molar-refractivity contribution in [3.05, 3.63) is 60.3 Å². The molecule has 0 unspecified atom stereocenters. The van der Waals surface area contributed by atoms with Crippen LogP contribution >= 0.6 is 0 Å². The lowest BCUT2D eigenvalue weighted by Gasteiger charge is -2.26. The molecule has 0 fully saturated rings. The number of nitrogens with one attached hydrogen (secondary N) is 4. The molecule has 0 saturated carbocycles. The van der Waals surface area contributed by atoms with Gasteiger partial charge in [0.1, 0.15) is 18.1 Å². The molecule has 0 spiro atoms. The van der Waals surface area contributed by atoms with E-state index in [1.165, 1.54) is 33.0 Å². The smallest absolute Gasteiger partial charge is 0.243 e. The van der Waals surface area contributed by atoms with Gasteiger partial charge in [-0.2, -0.15) is 0 Å². The van der Waals surface area contributed by atoms with E-state index in [1.54, 1.807) is 0 Å². The normalized spacial score (nSPS) is 13.9. The van der Waals surface area contributed by atoms with Crippen LogP contribution in [0, 0.1) is 0 Å². The minimum absolute atomic E-state index is 0.0290. The maximum atomic E-state index is 13.4. The number of nitrogens with zero attached hydrogens (tertiary/aromatic N) is 1. The van der Waals surface area contributed by atoms with E-state index in [0.29, 0.717) is 0 Å². The molecule has 0 bridgehead atoms. The maximum absolute atomic E-state index is 13.4. The minimum Gasteiger partial charge on any atom is -0.390 e. The second-order valence-electron chi connectivity index (χ2n) is 10.0. The Hall–Kier alpha value is -4.78. The first-order valence-electron chi connectivity index (χ1n) is 12.9. The molecule has 0 aromatic heterocycles. The van der Waals surface area contributed by atoms with Gasteiger partial charge in [-0.1, -0.05) is 48.5 Å². The van der Waals surface area contributed by atoms with Crippen molar-refractivity contribution in [2.75, 3.05) is 6.54 Å². The van der Waals surface area contributed by atoms with Crippen molar-refractivity contribution in [2.24, 2.45) is 22.2 Å². The van der Waals surface area contributed by atoms with Gasteiger partial charge in [-0.25, -0.2) is 4.99 Å². The summed E-state index contributed by atoms with van der Waals surface area (Å²) >= 11 is 0. The first-order chi connectivity index (χ1) is 19.3. The lowest BCUT2D eigenvalue weighted by molar-refractivity contribution is -0.134. The third-order valence-electron chi connectivity index (χ3n) is 5.93. The van der Waals surface area contributed by atoms with Crippen LogP contribution in [0.1, 0.15) is 32.8 Å².